The van der Waals surface area contributed by atoms with E-state index in [2.05, 4.69) is 11.4 Å². The summed E-state index contributed by atoms with van der Waals surface area (Å²) in [5, 5.41) is 0. The zero-order valence-electron chi connectivity index (χ0n) is 19.3. The molecule has 0 aliphatic rings. The molecule has 0 amide bonds. The number of rotatable bonds is 7. The lowest BCUT2D eigenvalue weighted by Crippen LogP contribution is -2.37. The fourth-order valence-corrected chi connectivity index (χ4v) is 2.43. The number of ether oxygens (including phenoxy) is 1. The molecule has 0 heterocycles. The molecular formula is C24H33F3N2O3. The Morgan fingerprint density at radius 2 is 1.62 bits per heavy atom. The van der Waals surface area contributed by atoms with Crippen molar-refractivity contribution in [2.75, 3.05) is 7.05 Å². The highest BCUT2D eigenvalue weighted by atomic mass is 19.4. The molecule has 1 unspecified atom stereocenters. The second kappa shape index (κ2) is 15.0. The van der Waals surface area contributed by atoms with Gasteiger partial charge in [-0.15, -0.1) is 6.58 Å². The summed E-state index contributed by atoms with van der Waals surface area (Å²) in [6.45, 7) is 11.4. The highest BCUT2D eigenvalue weighted by molar-refractivity contribution is 5.74. The maximum atomic E-state index is 13.0. The molecule has 0 radical (unpaired) electrons. The third-order valence-electron chi connectivity index (χ3n) is 4.16. The standard InChI is InChI=1S/C19H21F3N2O3.C3H6.C2H6/c1-13(18(25)27-23)24(2)11-14-7-9-15(10-8-14)12-26-17-6-4-3-5-16(17)19(20,21)22;1-3-2;1-2/h3-10,13H,11-12,23H2,1-2H3;3H,1H2,2H3;1-2H3. The van der Waals surface area contributed by atoms with Crippen molar-refractivity contribution in [3.63, 3.8) is 0 Å². The van der Waals surface area contributed by atoms with Crippen molar-refractivity contribution in [2.45, 2.75) is 53.1 Å². The van der Waals surface area contributed by atoms with E-state index in [0.717, 1.165) is 17.2 Å². The molecule has 5 nitrogen and oxygen atoms in total. The van der Waals surface area contributed by atoms with Gasteiger partial charge in [0.05, 0.1) is 5.56 Å². The molecule has 0 spiro atoms. The number of hydrogen-bond acceptors (Lipinski definition) is 5. The van der Waals surface area contributed by atoms with E-state index in [1.807, 2.05) is 32.9 Å². The molecule has 32 heavy (non-hydrogen) atoms. The van der Waals surface area contributed by atoms with Crippen molar-refractivity contribution in [3.05, 3.63) is 77.9 Å². The molecule has 1 atom stereocenters. The average Bonchev–Trinajstić information content (AvgIpc) is 2.79. The van der Waals surface area contributed by atoms with Gasteiger partial charge in [-0.3, -0.25) is 4.90 Å². The molecule has 0 saturated carbocycles. The Hall–Kier alpha value is -2.84. The van der Waals surface area contributed by atoms with Crippen LogP contribution in [0.3, 0.4) is 0 Å². The molecule has 0 aliphatic heterocycles. The normalized spacial score (nSPS) is 11.3. The Kier molecular flexibility index (Phi) is 13.7. The summed E-state index contributed by atoms with van der Waals surface area (Å²) in [6.07, 6.45) is -2.72. The van der Waals surface area contributed by atoms with Crippen LogP contribution in [0.25, 0.3) is 0 Å². The Balaban J connectivity index is 0.00000177. The van der Waals surface area contributed by atoms with Crippen LogP contribution in [0, 0.1) is 0 Å². The fraction of sp³-hybridized carbons (Fsp3) is 0.375. The van der Waals surface area contributed by atoms with Gasteiger partial charge in [0.2, 0.25) is 0 Å². The first-order valence-corrected chi connectivity index (χ1v) is 10.2. The van der Waals surface area contributed by atoms with Crippen LogP contribution in [0.1, 0.15) is 44.4 Å². The highest BCUT2D eigenvalue weighted by Crippen LogP contribution is 2.36. The molecule has 0 aromatic heterocycles. The quantitative estimate of drug-likeness (QED) is 0.427. The Morgan fingerprint density at radius 1 is 1.12 bits per heavy atom. The maximum absolute atomic E-state index is 13.0. The van der Waals surface area contributed by atoms with Crippen LogP contribution >= 0.6 is 0 Å². The lowest BCUT2D eigenvalue weighted by molar-refractivity contribution is -0.149. The Bertz CT molecular complexity index is 809. The summed E-state index contributed by atoms with van der Waals surface area (Å²) < 4.78 is 44.3. The van der Waals surface area contributed by atoms with E-state index in [9.17, 15) is 18.0 Å². The van der Waals surface area contributed by atoms with Crippen molar-refractivity contribution < 1.29 is 27.5 Å². The van der Waals surface area contributed by atoms with Gasteiger partial charge in [0, 0.05) is 6.54 Å². The van der Waals surface area contributed by atoms with Crippen molar-refractivity contribution in [3.8, 4) is 5.75 Å². The molecule has 0 saturated heterocycles. The summed E-state index contributed by atoms with van der Waals surface area (Å²) in [6, 6.07) is 11.8. The number of carbonyl (C=O) groups is 1. The van der Waals surface area contributed by atoms with Crippen molar-refractivity contribution in [1.82, 2.24) is 4.90 Å². The van der Waals surface area contributed by atoms with Gasteiger partial charge in [0.1, 0.15) is 18.4 Å². The average molecular weight is 455 g/mol. The first-order valence-electron chi connectivity index (χ1n) is 10.2. The third kappa shape index (κ3) is 9.98. The maximum Gasteiger partial charge on any atom is 0.419 e. The number of carbonyl (C=O) groups excluding carboxylic acids is 1. The summed E-state index contributed by atoms with van der Waals surface area (Å²) in [5.74, 6) is 4.14. The van der Waals surface area contributed by atoms with Crippen LogP contribution in [0.15, 0.2) is 61.2 Å². The number of nitrogens with two attached hydrogens (primary N) is 1. The Morgan fingerprint density at radius 3 is 2.12 bits per heavy atom. The van der Waals surface area contributed by atoms with Crippen LogP contribution in [-0.2, 0) is 29.0 Å². The monoisotopic (exact) mass is 454 g/mol. The van der Waals surface area contributed by atoms with Gasteiger partial charge in [-0.2, -0.15) is 19.1 Å². The number of nitrogens with zero attached hydrogens (tertiary/aromatic N) is 1. The second-order valence-corrected chi connectivity index (χ2v) is 6.54. The van der Waals surface area contributed by atoms with Crippen LogP contribution in [-0.4, -0.2) is 24.0 Å². The van der Waals surface area contributed by atoms with Crippen molar-refractivity contribution in [1.29, 1.82) is 0 Å². The van der Waals surface area contributed by atoms with Gasteiger partial charge in [-0.1, -0.05) is 56.3 Å². The minimum absolute atomic E-state index is 0.0130. The van der Waals surface area contributed by atoms with E-state index >= 15 is 0 Å². The van der Waals surface area contributed by atoms with E-state index in [0.29, 0.717) is 6.54 Å². The van der Waals surface area contributed by atoms with Crippen LogP contribution in [0.2, 0.25) is 0 Å². The van der Waals surface area contributed by atoms with Gasteiger partial charge in [0.25, 0.3) is 0 Å². The summed E-state index contributed by atoms with van der Waals surface area (Å²) >= 11 is 0. The fourth-order valence-electron chi connectivity index (χ4n) is 2.43. The minimum Gasteiger partial charge on any atom is -0.488 e. The topological polar surface area (TPSA) is 64.8 Å². The van der Waals surface area contributed by atoms with Crippen molar-refractivity contribution in [2.24, 2.45) is 5.90 Å². The minimum atomic E-state index is -4.47. The molecule has 0 fully saturated rings. The summed E-state index contributed by atoms with van der Waals surface area (Å²) in [4.78, 5) is 17.4. The van der Waals surface area contributed by atoms with Crippen LogP contribution in [0.4, 0.5) is 13.2 Å². The van der Waals surface area contributed by atoms with E-state index < -0.39 is 23.8 Å². The summed E-state index contributed by atoms with van der Waals surface area (Å²) in [7, 11) is 1.76. The molecular weight excluding hydrogens is 421 g/mol. The van der Waals surface area contributed by atoms with E-state index in [4.69, 9.17) is 10.6 Å². The number of para-hydroxylation sites is 1. The SMILES string of the molecule is C=CC.CC.CC(C(=O)ON)N(C)Cc1ccc(COc2ccccc2C(F)(F)F)cc1. The number of allylic oxidation sites excluding steroid dienone is 1. The smallest absolute Gasteiger partial charge is 0.419 e. The van der Waals surface area contributed by atoms with Gasteiger partial charge in [-0.25, -0.2) is 4.79 Å². The highest BCUT2D eigenvalue weighted by Gasteiger charge is 2.34. The molecule has 2 aromatic rings. The zero-order chi connectivity index (χ0) is 24.7. The molecule has 0 bridgehead atoms. The first-order chi connectivity index (χ1) is 15.1. The molecule has 178 valence electrons. The van der Waals surface area contributed by atoms with Crippen molar-refractivity contribution >= 4 is 5.97 Å². The van der Waals surface area contributed by atoms with Crippen LogP contribution in [0.5, 0.6) is 5.75 Å². The number of alkyl halides is 3. The number of likely N-dealkylation sites (N-methyl/N-ethyl adjacent to an activating group) is 1. The molecule has 2 rings (SSSR count). The third-order valence-corrected chi connectivity index (χ3v) is 4.16. The zero-order valence-corrected chi connectivity index (χ0v) is 19.3. The lowest BCUT2D eigenvalue weighted by atomic mass is 10.1. The van der Waals surface area contributed by atoms with Gasteiger partial charge in [0.15, 0.2) is 0 Å². The van der Waals surface area contributed by atoms with Crippen LogP contribution < -0.4 is 10.6 Å². The molecule has 8 heteroatoms. The predicted octanol–water partition coefficient (Wildman–Crippen LogP) is 5.74. The number of halogens is 3. The van der Waals surface area contributed by atoms with E-state index in [-0.39, 0.29) is 12.4 Å². The van der Waals surface area contributed by atoms with Gasteiger partial charge < -0.3 is 9.57 Å². The van der Waals surface area contributed by atoms with Gasteiger partial charge >= 0.3 is 12.1 Å². The number of benzene rings is 2. The molecule has 0 aliphatic carbocycles. The van der Waals surface area contributed by atoms with Gasteiger partial charge in [-0.05, 0) is 44.2 Å². The largest absolute Gasteiger partial charge is 0.488 e. The second-order valence-electron chi connectivity index (χ2n) is 6.54. The first kappa shape index (κ1) is 29.2. The summed E-state index contributed by atoms with van der Waals surface area (Å²) in [5.41, 5.74) is 0.852. The molecule has 2 aromatic carbocycles. The Labute approximate surface area is 188 Å². The predicted molar refractivity (Wildman–Crippen MR) is 121 cm³/mol. The number of hydrogen-bond donors (Lipinski definition) is 1. The molecule has 2 N–H and O–H groups in total. The lowest BCUT2D eigenvalue weighted by Gasteiger charge is -2.22. The van der Waals surface area contributed by atoms with E-state index in [1.165, 1.54) is 18.2 Å². The van der Waals surface area contributed by atoms with E-state index in [1.54, 1.807) is 37.1 Å².